The highest BCUT2D eigenvalue weighted by atomic mass is 35.5. The van der Waals surface area contributed by atoms with E-state index in [2.05, 4.69) is 4.98 Å². The largest absolute Gasteiger partial charge is 0.342 e. The van der Waals surface area contributed by atoms with Gasteiger partial charge in [0.1, 0.15) is 0 Å². The van der Waals surface area contributed by atoms with Crippen molar-refractivity contribution in [1.82, 2.24) is 4.98 Å². The number of hydrogen-bond donors (Lipinski definition) is 0. The number of aryl methyl sites for hydroxylation is 1. The van der Waals surface area contributed by atoms with E-state index in [-0.39, 0.29) is 10.5 Å². The fraction of sp³-hybridized carbons (Fsp3) is 0.250. The fourth-order valence-corrected chi connectivity index (χ4v) is 3.42. The first-order chi connectivity index (χ1) is 10.8. The van der Waals surface area contributed by atoms with Gasteiger partial charge in [0.25, 0.3) is 5.24 Å². The zero-order chi connectivity index (χ0) is 17.2. The van der Waals surface area contributed by atoms with E-state index in [0.29, 0.717) is 17.7 Å². The van der Waals surface area contributed by atoms with Crippen LogP contribution in [0.2, 0.25) is 0 Å². The fourth-order valence-electron chi connectivity index (χ4n) is 2.34. The summed E-state index contributed by atoms with van der Waals surface area (Å²) in [6, 6.07) is 6.64. The Morgan fingerprint density at radius 3 is 2.52 bits per heavy atom. The normalized spacial score (nSPS) is 11.3. The molecule has 0 aliphatic carbocycles. The maximum atomic E-state index is 12.2. The van der Waals surface area contributed by atoms with Crippen molar-refractivity contribution < 1.29 is 13.2 Å². The van der Waals surface area contributed by atoms with Crippen molar-refractivity contribution in [3.63, 3.8) is 0 Å². The number of carbonyl (C=O) groups excluding carboxylic acids is 1. The number of nitrogens with zero attached hydrogens (tertiary/aromatic N) is 2. The number of hydrogen-bond acceptors (Lipinski definition) is 5. The van der Waals surface area contributed by atoms with E-state index >= 15 is 0 Å². The molecule has 1 heterocycles. The van der Waals surface area contributed by atoms with E-state index in [9.17, 15) is 13.2 Å². The van der Waals surface area contributed by atoms with Crippen LogP contribution >= 0.6 is 11.6 Å². The van der Waals surface area contributed by atoms with E-state index in [1.54, 1.807) is 36.5 Å². The SMILES string of the molecule is CCc1cc(N(C)c2cccnc2)c(S(C)(=O)=O)cc1C(=O)Cl. The van der Waals surface area contributed by atoms with Gasteiger partial charge in [0.05, 0.1) is 22.5 Å². The molecule has 0 N–H and O–H groups in total. The monoisotopic (exact) mass is 352 g/mol. The number of anilines is 2. The van der Waals surface area contributed by atoms with Gasteiger partial charge in [-0.25, -0.2) is 8.42 Å². The summed E-state index contributed by atoms with van der Waals surface area (Å²) in [5.41, 5.74) is 2.14. The van der Waals surface area contributed by atoms with Crippen molar-refractivity contribution in [2.75, 3.05) is 18.2 Å². The van der Waals surface area contributed by atoms with Crippen LogP contribution in [0.3, 0.4) is 0 Å². The molecule has 1 aromatic carbocycles. The zero-order valence-electron chi connectivity index (χ0n) is 13.1. The lowest BCUT2D eigenvalue weighted by Gasteiger charge is -2.23. The molecular formula is C16H17ClN2O3S. The molecule has 0 amide bonds. The van der Waals surface area contributed by atoms with Crippen LogP contribution in [-0.4, -0.2) is 31.9 Å². The van der Waals surface area contributed by atoms with Crippen molar-refractivity contribution in [2.45, 2.75) is 18.2 Å². The van der Waals surface area contributed by atoms with E-state index in [4.69, 9.17) is 11.6 Å². The molecule has 122 valence electrons. The molecule has 0 bridgehead atoms. The Labute approximate surface area is 140 Å². The first kappa shape index (κ1) is 17.4. The first-order valence-electron chi connectivity index (χ1n) is 6.96. The topological polar surface area (TPSA) is 67.3 Å². The first-order valence-corrected chi connectivity index (χ1v) is 9.23. The third-order valence-electron chi connectivity index (χ3n) is 3.57. The maximum Gasteiger partial charge on any atom is 0.252 e. The van der Waals surface area contributed by atoms with Gasteiger partial charge in [-0.05, 0) is 47.9 Å². The van der Waals surface area contributed by atoms with Crippen LogP contribution < -0.4 is 4.90 Å². The molecular weight excluding hydrogens is 336 g/mol. The Balaban J connectivity index is 2.73. The van der Waals surface area contributed by atoms with E-state index < -0.39 is 15.1 Å². The van der Waals surface area contributed by atoms with Gasteiger partial charge in [0, 0.05) is 25.1 Å². The van der Waals surface area contributed by atoms with Gasteiger partial charge in [-0.2, -0.15) is 0 Å². The van der Waals surface area contributed by atoms with Gasteiger partial charge in [-0.15, -0.1) is 0 Å². The summed E-state index contributed by atoms with van der Waals surface area (Å²) in [6.07, 6.45) is 4.95. The number of carbonyl (C=O) groups is 1. The lowest BCUT2D eigenvalue weighted by molar-refractivity contribution is 0.108. The number of pyridine rings is 1. The van der Waals surface area contributed by atoms with Crippen LogP contribution in [0.15, 0.2) is 41.6 Å². The van der Waals surface area contributed by atoms with Crippen LogP contribution in [0.25, 0.3) is 0 Å². The lowest BCUT2D eigenvalue weighted by atomic mass is 10.0. The Morgan fingerprint density at radius 2 is 2.04 bits per heavy atom. The Bertz CT molecular complexity index is 836. The Morgan fingerprint density at radius 1 is 1.35 bits per heavy atom. The van der Waals surface area contributed by atoms with Crippen molar-refractivity contribution in [2.24, 2.45) is 0 Å². The molecule has 0 spiro atoms. The summed E-state index contributed by atoms with van der Waals surface area (Å²) in [4.78, 5) is 17.4. The van der Waals surface area contributed by atoms with Crippen LogP contribution in [0.5, 0.6) is 0 Å². The molecule has 0 fully saturated rings. The number of halogens is 1. The van der Waals surface area contributed by atoms with Crippen LogP contribution in [0.1, 0.15) is 22.8 Å². The molecule has 0 atom stereocenters. The molecule has 0 saturated heterocycles. The second-order valence-electron chi connectivity index (χ2n) is 5.15. The minimum absolute atomic E-state index is 0.0602. The zero-order valence-corrected chi connectivity index (χ0v) is 14.6. The highest BCUT2D eigenvalue weighted by molar-refractivity contribution is 7.90. The van der Waals surface area contributed by atoms with E-state index in [1.165, 1.54) is 6.07 Å². The highest BCUT2D eigenvalue weighted by Gasteiger charge is 2.22. The predicted octanol–water partition coefficient (Wildman–Crippen LogP) is 3.19. The molecule has 2 aromatic rings. The minimum atomic E-state index is -3.54. The molecule has 0 aliphatic rings. The number of benzene rings is 1. The molecule has 2 rings (SSSR count). The van der Waals surface area contributed by atoms with Gasteiger partial charge < -0.3 is 4.90 Å². The molecule has 5 nitrogen and oxygen atoms in total. The Kier molecular flexibility index (Phi) is 5.06. The molecule has 0 radical (unpaired) electrons. The quantitative estimate of drug-likeness (QED) is 0.773. The highest BCUT2D eigenvalue weighted by Crippen LogP contribution is 2.33. The average molecular weight is 353 g/mol. The number of rotatable bonds is 5. The summed E-state index contributed by atoms with van der Waals surface area (Å²) in [6.45, 7) is 1.88. The average Bonchev–Trinajstić information content (AvgIpc) is 2.52. The van der Waals surface area contributed by atoms with E-state index in [0.717, 1.165) is 11.9 Å². The molecule has 7 heteroatoms. The van der Waals surface area contributed by atoms with Crippen molar-refractivity contribution in [1.29, 1.82) is 0 Å². The van der Waals surface area contributed by atoms with Crippen molar-refractivity contribution in [3.05, 3.63) is 47.8 Å². The summed E-state index contributed by atoms with van der Waals surface area (Å²) in [5, 5.41) is -0.665. The van der Waals surface area contributed by atoms with Crippen LogP contribution in [0, 0.1) is 0 Å². The molecule has 0 aliphatic heterocycles. The Hall–Kier alpha value is -1.92. The van der Waals surface area contributed by atoms with Gasteiger partial charge in [0.15, 0.2) is 9.84 Å². The summed E-state index contributed by atoms with van der Waals surface area (Å²) >= 11 is 5.60. The minimum Gasteiger partial charge on any atom is -0.342 e. The van der Waals surface area contributed by atoms with Crippen molar-refractivity contribution >= 4 is 38.1 Å². The number of aromatic nitrogens is 1. The lowest BCUT2D eigenvalue weighted by Crippen LogP contribution is -2.16. The summed E-state index contributed by atoms with van der Waals surface area (Å²) in [5.74, 6) is 0. The molecule has 23 heavy (non-hydrogen) atoms. The molecule has 0 unspecified atom stereocenters. The summed E-state index contributed by atoms with van der Waals surface area (Å²) in [7, 11) is -1.79. The maximum absolute atomic E-state index is 12.2. The molecule has 0 saturated carbocycles. The standard InChI is InChI=1S/C16H17ClN2O3S/c1-4-11-8-14(19(2)12-6-5-7-18-10-12)15(23(3,21)22)9-13(11)16(17)20/h5-10H,4H2,1-3H3. The summed E-state index contributed by atoms with van der Waals surface area (Å²) < 4.78 is 24.3. The van der Waals surface area contributed by atoms with Crippen LogP contribution in [0.4, 0.5) is 11.4 Å². The third kappa shape index (κ3) is 3.71. The van der Waals surface area contributed by atoms with Gasteiger partial charge in [0.2, 0.25) is 0 Å². The smallest absolute Gasteiger partial charge is 0.252 e. The number of sulfone groups is 1. The van der Waals surface area contributed by atoms with Gasteiger partial charge in [-0.3, -0.25) is 9.78 Å². The predicted molar refractivity (Wildman–Crippen MR) is 91.4 cm³/mol. The third-order valence-corrected chi connectivity index (χ3v) is 4.90. The second kappa shape index (κ2) is 6.68. The van der Waals surface area contributed by atoms with Gasteiger partial charge >= 0.3 is 0 Å². The van der Waals surface area contributed by atoms with Gasteiger partial charge in [-0.1, -0.05) is 6.92 Å². The second-order valence-corrected chi connectivity index (χ2v) is 7.47. The molecule has 1 aromatic heterocycles. The van der Waals surface area contributed by atoms with Crippen molar-refractivity contribution in [3.8, 4) is 0 Å². The van der Waals surface area contributed by atoms with E-state index in [1.807, 2.05) is 13.0 Å². The van der Waals surface area contributed by atoms with Crippen LogP contribution in [-0.2, 0) is 16.3 Å².